The van der Waals surface area contributed by atoms with Gasteiger partial charge in [0.15, 0.2) is 0 Å². The van der Waals surface area contributed by atoms with Crippen molar-refractivity contribution in [3.05, 3.63) is 0 Å². The Kier molecular flexibility index (Phi) is 5.02. The molecule has 0 aromatic heterocycles. The first-order valence-corrected chi connectivity index (χ1v) is 9.11. The van der Waals surface area contributed by atoms with Crippen LogP contribution in [-0.4, -0.2) is 38.7 Å². The summed E-state index contributed by atoms with van der Waals surface area (Å²) in [5.41, 5.74) is 0.476. The molecule has 0 aromatic carbocycles. The van der Waals surface area contributed by atoms with Crippen molar-refractivity contribution in [2.75, 3.05) is 6.26 Å². The highest BCUT2D eigenvalue weighted by atomic mass is 32.2. The molecule has 0 spiro atoms. The van der Waals surface area contributed by atoms with Crippen LogP contribution < -0.4 is 5.32 Å². The molecule has 1 atom stereocenters. The van der Waals surface area contributed by atoms with Gasteiger partial charge in [0.1, 0.15) is 0 Å². The lowest BCUT2D eigenvalue weighted by molar-refractivity contribution is -0.0298. The Morgan fingerprint density at radius 1 is 0.900 bits per heavy atom. The topological polar surface area (TPSA) is 15.3 Å². The minimum absolute atomic E-state index is 0.144. The van der Waals surface area contributed by atoms with Crippen LogP contribution in [0.5, 0.6) is 0 Å². The molecule has 1 N–H and O–H groups in total. The first kappa shape index (κ1) is 18.3. The minimum Gasteiger partial charge on any atom is -0.307 e. The van der Waals surface area contributed by atoms with Crippen LogP contribution in [0.3, 0.4) is 0 Å². The van der Waals surface area contributed by atoms with Gasteiger partial charge in [0, 0.05) is 22.7 Å². The maximum absolute atomic E-state index is 3.90. The van der Waals surface area contributed by atoms with Crippen LogP contribution in [0.25, 0.3) is 0 Å². The number of thioether (sulfide) groups is 1. The molecule has 1 saturated heterocycles. The Morgan fingerprint density at radius 2 is 1.35 bits per heavy atom. The predicted molar refractivity (Wildman–Crippen MR) is 93.5 cm³/mol. The smallest absolute Gasteiger partial charge is 0.0662 e. The van der Waals surface area contributed by atoms with E-state index in [0.29, 0.717) is 6.04 Å². The van der Waals surface area contributed by atoms with Gasteiger partial charge in [-0.2, -0.15) is 0 Å². The summed E-state index contributed by atoms with van der Waals surface area (Å²) in [6.45, 7) is 21.3. The van der Waals surface area contributed by atoms with Crippen molar-refractivity contribution in [1.29, 1.82) is 0 Å². The van der Waals surface area contributed by atoms with Gasteiger partial charge in [-0.1, -0.05) is 0 Å². The minimum atomic E-state index is 0.144. The van der Waals surface area contributed by atoms with Gasteiger partial charge in [0.2, 0.25) is 0 Å². The fourth-order valence-corrected chi connectivity index (χ4v) is 6.29. The zero-order valence-electron chi connectivity index (χ0n) is 15.3. The first-order valence-electron chi connectivity index (χ1n) is 7.89. The van der Waals surface area contributed by atoms with Crippen LogP contribution in [-0.2, 0) is 0 Å². The molecule has 120 valence electrons. The summed E-state index contributed by atoms with van der Waals surface area (Å²) in [6.07, 6.45) is 4.55. The Morgan fingerprint density at radius 3 is 1.75 bits per heavy atom. The van der Waals surface area contributed by atoms with E-state index in [9.17, 15) is 0 Å². The van der Waals surface area contributed by atoms with Gasteiger partial charge >= 0.3 is 0 Å². The van der Waals surface area contributed by atoms with Crippen LogP contribution in [0.2, 0.25) is 0 Å². The van der Waals surface area contributed by atoms with Gasteiger partial charge in [-0.15, -0.1) is 11.8 Å². The standard InChI is InChI=1S/C17H36N2S/c1-13(2)19-16(7,8)11-14(3,4)18-15(5,6)12-17(19,9)20-10/h13,18H,11-12H2,1-10H3. The monoisotopic (exact) mass is 300 g/mol. The Hall–Kier alpha value is 0.270. The molecule has 1 aliphatic heterocycles. The molecule has 0 saturated carbocycles. The van der Waals surface area contributed by atoms with E-state index in [1.807, 2.05) is 11.8 Å². The number of nitrogens with one attached hydrogen (secondary N) is 1. The van der Waals surface area contributed by atoms with E-state index in [4.69, 9.17) is 0 Å². The molecule has 0 radical (unpaired) electrons. The van der Waals surface area contributed by atoms with Crippen LogP contribution in [0.15, 0.2) is 0 Å². The highest BCUT2D eigenvalue weighted by Crippen LogP contribution is 2.45. The molecule has 1 heterocycles. The molecular formula is C17H36N2S. The summed E-state index contributed by atoms with van der Waals surface area (Å²) < 4.78 is 0. The Labute approximate surface area is 131 Å². The van der Waals surface area contributed by atoms with Crippen molar-refractivity contribution in [3.63, 3.8) is 0 Å². The third kappa shape index (κ3) is 3.92. The number of rotatable bonds is 2. The summed E-state index contributed by atoms with van der Waals surface area (Å²) in [6, 6.07) is 0.548. The molecule has 0 amide bonds. The van der Waals surface area contributed by atoms with E-state index in [2.05, 4.69) is 78.8 Å². The van der Waals surface area contributed by atoms with E-state index < -0.39 is 0 Å². The summed E-state index contributed by atoms with van der Waals surface area (Å²) >= 11 is 2.00. The third-order valence-corrected chi connectivity index (χ3v) is 5.66. The lowest BCUT2D eigenvalue weighted by Gasteiger charge is -2.59. The van der Waals surface area contributed by atoms with E-state index in [-0.39, 0.29) is 21.5 Å². The van der Waals surface area contributed by atoms with Crippen LogP contribution in [0.1, 0.15) is 75.2 Å². The van der Waals surface area contributed by atoms with Crippen LogP contribution in [0.4, 0.5) is 0 Å². The van der Waals surface area contributed by atoms with Crippen molar-refractivity contribution >= 4 is 11.8 Å². The van der Waals surface area contributed by atoms with E-state index >= 15 is 0 Å². The van der Waals surface area contributed by atoms with E-state index in [1.54, 1.807) is 0 Å². The Bertz CT molecular complexity index is 347. The molecule has 3 heteroatoms. The van der Waals surface area contributed by atoms with E-state index in [0.717, 1.165) is 12.8 Å². The van der Waals surface area contributed by atoms with Crippen molar-refractivity contribution < 1.29 is 0 Å². The second-order valence-electron chi connectivity index (χ2n) is 8.90. The second-order valence-corrected chi connectivity index (χ2v) is 10.2. The van der Waals surface area contributed by atoms with Gasteiger partial charge in [0.25, 0.3) is 0 Å². The molecule has 0 aromatic rings. The van der Waals surface area contributed by atoms with Crippen molar-refractivity contribution in [3.8, 4) is 0 Å². The highest BCUT2D eigenvalue weighted by molar-refractivity contribution is 7.99. The maximum atomic E-state index is 3.90. The molecule has 20 heavy (non-hydrogen) atoms. The van der Waals surface area contributed by atoms with E-state index in [1.165, 1.54) is 0 Å². The largest absolute Gasteiger partial charge is 0.307 e. The van der Waals surface area contributed by atoms with Gasteiger partial charge in [0.05, 0.1) is 4.87 Å². The Balaban J connectivity index is 3.34. The molecular weight excluding hydrogens is 264 g/mol. The van der Waals surface area contributed by atoms with Crippen LogP contribution in [0, 0.1) is 0 Å². The number of hydrogen-bond donors (Lipinski definition) is 1. The average molecular weight is 301 g/mol. The summed E-state index contributed by atoms with van der Waals surface area (Å²) in [5, 5.41) is 3.90. The molecule has 0 aliphatic carbocycles. The third-order valence-electron chi connectivity index (χ3n) is 4.44. The van der Waals surface area contributed by atoms with Gasteiger partial charge < -0.3 is 5.32 Å². The van der Waals surface area contributed by atoms with Gasteiger partial charge in [-0.05, 0) is 81.4 Å². The highest BCUT2D eigenvalue weighted by Gasteiger charge is 2.49. The molecule has 1 fully saturated rings. The lowest BCUT2D eigenvalue weighted by atomic mass is 9.78. The van der Waals surface area contributed by atoms with Gasteiger partial charge in [-0.3, -0.25) is 4.90 Å². The molecule has 1 rings (SSSR count). The summed E-state index contributed by atoms with van der Waals surface area (Å²) in [7, 11) is 0. The fourth-order valence-electron chi connectivity index (χ4n) is 5.13. The zero-order chi connectivity index (χ0) is 16.0. The van der Waals surface area contributed by atoms with Crippen molar-refractivity contribution in [2.45, 2.75) is 103 Å². The molecule has 0 bridgehead atoms. The molecule has 1 aliphatic rings. The summed E-state index contributed by atoms with van der Waals surface area (Å²) in [4.78, 5) is 2.90. The lowest BCUT2D eigenvalue weighted by Crippen LogP contribution is -2.68. The first-order chi connectivity index (χ1) is 8.75. The predicted octanol–water partition coefficient (Wildman–Crippen LogP) is 4.50. The average Bonchev–Trinajstić information content (AvgIpc) is 2.08. The molecule has 1 unspecified atom stereocenters. The van der Waals surface area contributed by atoms with Crippen molar-refractivity contribution in [2.24, 2.45) is 0 Å². The number of hydrogen-bond acceptors (Lipinski definition) is 3. The van der Waals surface area contributed by atoms with Gasteiger partial charge in [-0.25, -0.2) is 0 Å². The summed E-state index contributed by atoms with van der Waals surface area (Å²) in [5.74, 6) is 0. The van der Waals surface area contributed by atoms with Crippen LogP contribution >= 0.6 is 11.8 Å². The fraction of sp³-hybridized carbons (Fsp3) is 1.00. The normalized spacial score (nSPS) is 33.8. The quantitative estimate of drug-likeness (QED) is 0.808. The second kappa shape index (κ2) is 5.48. The zero-order valence-corrected chi connectivity index (χ0v) is 16.2. The number of nitrogens with zero attached hydrogens (tertiary/aromatic N) is 1. The van der Waals surface area contributed by atoms with Crippen molar-refractivity contribution in [1.82, 2.24) is 10.2 Å². The molecule has 2 nitrogen and oxygen atoms in total. The SMILES string of the molecule is CSC1(C)CC(C)(C)NC(C)(C)CC(C)(C)N1C(C)C. The maximum Gasteiger partial charge on any atom is 0.0662 e.